The highest BCUT2D eigenvalue weighted by atomic mass is 79.9. The van der Waals surface area contributed by atoms with Gasteiger partial charge in [0.2, 0.25) is 5.88 Å². The van der Waals surface area contributed by atoms with Gasteiger partial charge in [-0.25, -0.2) is 4.98 Å². The van der Waals surface area contributed by atoms with Crippen LogP contribution in [0.25, 0.3) is 0 Å². The summed E-state index contributed by atoms with van der Waals surface area (Å²) in [7, 11) is 0. The molecule has 0 unspecified atom stereocenters. The summed E-state index contributed by atoms with van der Waals surface area (Å²) in [5.41, 5.74) is 1.26. The van der Waals surface area contributed by atoms with Gasteiger partial charge in [-0.05, 0) is 52.5 Å². The molecule has 3 nitrogen and oxygen atoms in total. The van der Waals surface area contributed by atoms with Crippen LogP contribution in [0.3, 0.4) is 0 Å². The van der Waals surface area contributed by atoms with Gasteiger partial charge in [0, 0.05) is 18.6 Å². The minimum atomic E-state index is 0.578. The van der Waals surface area contributed by atoms with Crippen LogP contribution in [0.15, 0.2) is 41.3 Å². The molecule has 0 aliphatic rings. The molecule has 2 rings (SSSR count). The van der Waals surface area contributed by atoms with Gasteiger partial charge in [-0.2, -0.15) is 0 Å². The Kier molecular flexibility index (Phi) is 4.96. The number of ether oxygens (including phenoxy) is 1. The van der Waals surface area contributed by atoms with E-state index >= 15 is 0 Å². The summed E-state index contributed by atoms with van der Waals surface area (Å²) in [5, 5.41) is 0.589. The summed E-state index contributed by atoms with van der Waals surface area (Å²) in [6.45, 7) is 0.621. The summed E-state index contributed by atoms with van der Waals surface area (Å²) in [6, 6.07) is 5.79. The lowest BCUT2D eigenvalue weighted by Gasteiger charge is -2.07. The van der Waals surface area contributed by atoms with Crippen molar-refractivity contribution in [3.8, 4) is 5.88 Å². The average Bonchev–Trinajstić information content (AvgIpc) is 2.38. The first kappa shape index (κ1) is 13.3. The second kappa shape index (κ2) is 6.71. The number of halogens is 2. The summed E-state index contributed by atoms with van der Waals surface area (Å²) in [6.07, 6.45) is 7.07. The lowest BCUT2D eigenvalue weighted by molar-refractivity contribution is 0.297. The first-order valence-corrected chi connectivity index (χ1v) is 6.75. The minimum Gasteiger partial charge on any atom is -0.477 e. The zero-order valence-electron chi connectivity index (χ0n) is 9.64. The predicted molar refractivity (Wildman–Crippen MR) is 75.0 cm³/mol. The third kappa shape index (κ3) is 3.96. The maximum absolute atomic E-state index is 5.80. The molecule has 2 aromatic rings. The normalized spacial score (nSPS) is 10.3. The van der Waals surface area contributed by atoms with Gasteiger partial charge in [-0.15, -0.1) is 0 Å². The van der Waals surface area contributed by atoms with Crippen molar-refractivity contribution in [1.82, 2.24) is 9.97 Å². The number of hydrogen-bond acceptors (Lipinski definition) is 3. The number of aromatic nitrogens is 2. The SMILES string of the molecule is Clc1cnc(OCCCc2ccncc2)c(Br)c1. The van der Waals surface area contributed by atoms with Gasteiger partial charge in [0.25, 0.3) is 0 Å². The summed E-state index contributed by atoms with van der Waals surface area (Å²) in [5.74, 6) is 0.578. The van der Waals surface area contributed by atoms with Crippen LogP contribution in [0.4, 0.5) is 0 Å². The van der Waals surface area contributed by atoms with Crippen LogP contribution in [0.2, 0.25) is 5.02 Å². The first-order chi connectivity index (χ1) is 8.75. The van der Waals surface area contributed by atoms with Gasteiger partial charge in [-0.1, -0.05) is 11.6 Å². The van der Waals surface area contributed by atoms with Crippen molar-refractivity contribution in [2.75, 3.05) is 6.61 Å². The quantitative estimate of drug-likeness (QED) is 0.781. The molecule has 2 heterocycles. The van der Waals surface area contributed by atoms with E-state index in [1.165, 1.54) is 5.56 Å². The molecule has 94 valence electrons. The third-order valence-corrected chi connectivity index (χ3v) is 3.15. The van der Waals surface area contributed by atoms with E-state index in [0.717, 1.165) is 17.3 Å². The predicted octanol–water partition coefficient (Wildman–Crippen LogP) is 3.90. The Balaban J connectivity index is 1.79. The molecule has 0 aromatic carbocycles. The molecule has 0 saturated carbocycles. The smallest absolute Gasteiger partial charge is 0.228 e. The van der Waals surface area contributed by atoms with Crippen molar-refractivity contribution in [3.63, 3.8) is 0 Å². The average molecular weight is 328 g/mol. The molecule has 2 aromatic heterocycles. The van der Waals surface area contributed by atoms with Crippen LogP contribution < -0.4 is 4.74 Å². The maximum Gasteiger partial charge on any atom is 0.228 e. The Morgan fingerprint density at radius 3 is 2.78 bits per heavy atom. The molecule has 5 heteroatoms. The number of pyridine rings is 2. The van der Waals surface area contributed by atoms with Crippen LogP contribution in [0, 0.1) is 0 Å². The van der Waals surface area contributed by atoms with Gasteiger partial charge in [-0.3, -0.25) is 4.98 Å². The largest absolute Gasteiger partial charge is 0.477 e. The van der Waals surface area contributed by atoms with E-state index in [9.17, 15) is 0 Å². The Morgan fingerprint density at radius 2 is 2.06 bits per heavy atom. The molecule has 0 bridgehead atoms. The molecule has 0 saturated heterocycles. The fourth-order valence-corrected chi connectivity index (χ4v) is 2.26. The van der Waals surface area contributed by atoms with Crippen molar-refractivity contribution in [2.24, 2.45) is 0 Å². The molecule has 18 heavy (non-hydrogen) atoms. The highest BCUT2D eigenvalue weighted by Crippen LogP contribution is 2.25. The van der Waals surface area contributed by atoms with Crippen molar-refractivity contribution < 1.29 is 4.74 Å². The highest BCUT2D eigenvalue weighted by Gasteiger charge is 2.03. The van der Waals surface area contributed by atoms with Gasteiger partial charge in [0.1, 0.15) is 0 Å². The van der Waals surface area contributed by atoms with Crippen molar-refractivity contribution in [3.05, 3.63) is 51.8 Å². The van der Waals surface area contributed by atoms with E-state index in [4.69, 9.17) is 16.3 Å². The zero-order valence-corrected chi connectivity index (χ0v) is 12.0. The molecule has 0 spiro atoms. The summed E-state index contributed by atoms with van der Waals surface area (Å²) >= 11 is 9.17. The third-order valence-electron chi connectivity index (χ3n) is 2.37. The fraction of sp³-hybridized carbons (Fsp3) is 0.231. The number of nitrogens with zero attached hydrogens (tertiary/aromatic N) is 2. The van der Waals surface area contributed by atoms with Crippen LogP contribution in [-0.2, 0) is 6.42 Å². The molecular weight excluding hydrogens is 316 g/mol. The van der Waals surface area contributed by atoms with E-state index in [0.29, 0.717) is 17.5 Å². The van der Waals surface area contributed by atoms with Crippen molar-refractivity contribution in [2.45, 2.75) is 12.8 Å². The zero-order chi connectivity index (χ0) is 12.8. The molecule has 0 atom stereocenters. The van der Waals surface area contributed by atoms with Gasteiger partial charge in [0.05, 0.1) is 16.1 Å². The Morgan fingerprint density at radius 1 is 1.28 bits per heavy atom. The van der Waals surface area contributed by atoms with E-state index < -0.39 is 0 Å². The van der Waals surface area contributed by atoms with E-state index in [1.54, 1.807) is 24.7 Å². The topological polar surface area (TPSA) is 35.0 Å². The minimum absolute atomic E-state index is 0.578. The van der Waals surface area contributed by atoms with Gasteiger partial charge < -0.3 is 4.74 Å². The lowest BCUT2D eigenvalue weighted by atomic mass is 10.1. The highest BCUT2D eigenvalue weighted by molar-refractivity contribution is 9.10. The first-order valence-electron chi connectivity index (χ1n) is 5.58. The summed E-state index contributed by atoms with van der Waals surface area (Å²) in [4.78, 5) is 8.09. The van der Waals surface area contributed by atoms with E-state index in [-0.39, 0.29) is 0 Å². The second-order valence-corrected chi connectivity index (χ2v) is 5.04. The monoisotopic (exact) mass is 326 g/mol. The van der Waals surface area contributed by atoms with E-state index in [2.05, 4.69) is 25.9 Å². The van der Waals surface area contributed by atoms with Gasteiger partial charge >= 0.3 is 0 Å². The Hall–Kier alpha value is -1.13. The summed E-state index contributed by atoms with van der Waals surface area (Å²) < 4.78 is 6.36. The Bertz CT molecular complexity index is 508. The molecule has 0 aliphatic heterocycles. The number of hydrogen-bond donors (Lipinski definition) is 0. The second-order valence-electron chi connectivity index (χ2n) is 3.75. The van der Waals surface area contributed by atoms with E-state index in [1.807, 2.05) is 12.1 Å². The van der Waals surface area contributed by atoms with Crippen molar-refractivity contribution >= 4 is 27.5 Å². The maximum atomic E-state index is 5.80. The molecule has 0 aliphatic carbocycles. The molecule has 0 fully saturated rings. The molecule has 0 N–H and O–H groups in total. The van der Waals surface area contributed by atoms with Crippen LogP contribution in [0.5, 0.6) is 5.88 Å². The number of rotatable bonds is 5. The molecule has 0 radical (unpaired) electrons. The van der Waals surface area contributed by atoms with Crippen molar-refractivity contribution in [1.29, 1.82) is 0 Å². The fourth-order valence-electron chi connectivity index (χ4n) is 1.50. The van der Waals surface area contributed by atoms with Crippen LogP contribution >= 0.6 is 27.5 Å². The van der Waals surface area contributed by atoms with Crippen LogP contribution in [-0.4, -0.2) is 16.6 Å². The van der Waals surface area contributed by atoms with Crippen LogP contribution in [0.1, 0.15) is 12.0 Å². The number of aryl methyl sites for hydroxylation is 1. The van der Waals surface area contributed by atoms with Gasteiger partial charge in [0.15, 0.2) is 0 Å². The standard InChI is InChI=1S/C13H12BrClN2O/c14-12-8-11(15)9-17-13(12)18-7-1-2-10-3-5-16-6-4-10/h3-6,8-9H,1-2,7H2. The molecular formula is C13H12BrClN2O. The lowest BCUT2D eigenvalue weighted by Crippen LogP contribution is -2.01. The Labute approximate surface area is 119 Å². The molecule has 0 amide bonds.